The Kier molecular flexibility index (Phi) is 5.05. The van der Waals surface area contributed by atoms with Crippen LogP contribution in [0.15, 0.2) is 6.07 Å². The zero-order valence-electron chi connectivity index (χ0n) is 14.8. The first-order valence-corrected chi connectivity index (χ1v) is 9.09. The van der Waals surface area contributed by atoms with E-state index in [0.29, 0.717) is 24.4 Å². The topological polar surface area (TPSA) is 41.4 Å². The van der Waals surface area contributed by atoms with Crippen LogP contribution in [0.25, 0.3) is 0 Å². The molecule has 0 saturated carbocycles. The van der Waals surface area contributed by atoms with Crippen molar-refractivity contribution in [3.05, 3.63) is 17.5 Å². The fourth-order valence-electron chi connectivity index (χ4n) is 3.97. The van der Waals surface area contributed by atoms with Gasteiger partial charge < -0.3 is 4.90 Å². The molecule has 128 valence electrons. The Hall–Kier alpha value is -1.36. The number of rotatable bonds is 5. The molecule has 5 nitrogen and oxygen atoms in total. The lowest BCUT2D eigenvalue weighted by atomic mass is 9.97. The summed E-state index contributed by atoms with van der Waals surface area (Å²) in [5.41, 5.74) is 2.23. The summed E-state index contributed by atoms with van der Waals surface area (Å²) in [6.45, 7) is 10.3. The van der Waals surface area contributed by atoms with E-state index < -0.39 is 0 Å². The Balaban J connectivity index is 1.38. The number of aromatic nitrogens is 2. The van der Waals surface area contributed by atoms with Crippen LogP contribution in [0.2, 0.25) is 0 Å². The second-order valence-corrected chi connectivity index (χ2v) is 7.29. The molecule has 3 heterocycles. The van der Waals surface area contributed by atoms with E-state index in [1.165, 1.54) is 31.5 Å². The predicted molar refractivity (Wildman–Crippen MR) is 91.3 cm³/mol. The van der Waals surface area contributed by atoms with Gasteiger partial charge in [0.1, 0.15) is 0 Å². The van der Waals surface area contributed by atoms with Crippen LogP contribution in [0.5, 0.6) is 0 Å². The molecule has 1 aromatic rings. The van der Waals surface area contributed by atoms with E-state index in [9.17, 15) is 4.79 Å². The van der Waals surface area contributed by atoms with Crippen molar-refractivity contribution >= 4 is 5.91 Å². The number of carbonyl (C=O) groups is 1. The SMILES string of the molecule is Cc1cc(C)n(CCCC(=O)N2CC(N3CCCCC3C)C2)n1. The maximum atomic E-state index is 12.3. The molecule has 1 amide bonds. The van der Waals surface area contributed by atoms with Crippen LogP contribution in [0.3, 0.4) is 0 Å². The maximum Gasteiger partial charge on any atom is 0.222 e. The highest BCUT2D eigenvalue weighted by Crippen LogP contribution is 2.24. The highest BCUT2D eigenvalue weighted by atomic mass is 16.2. The first-order chi connectivity index (χ1) is 11.0. The molecule has 0 N–H and O–H groups in total. The summed E-state index contributed by atoms with van der Waals surface area (Å²) in [4.78, 5) is 16.9. The van der Waals surface area contributed by atoms with Gasteiger partial charge in [0.05, 0.1) is 5.69 Å². The van der Waals surface area contributed by atoms with Gasteiger partial charge in [-0.3, -0.25) is 14.4 Å². The predicted octanol–water partition coefficient (Wildman–Crippen LogP) is 2.37. The van der Waals surface area contributed by atoms with Crippen molar-refractivity contribution in [3.63, 3.8) is 0 Å². The normalized spacial score (nSPS) is 23.1. The smallest absolute Gasteiger partial charge is 0.222 e. The molecule has 0 radical (unpaired) electrons. The summed E-state index contributed by atoms with van der Waals surface area (Å²) < 4.78 is 2.01. The molecular weight excluding hydrogens is 288 g/mol. The van der Waals surface area contributed by atoms with E-state index in [1.54, 1.807) is 0 Å². The number of piperidine rings is 1. The molecular formula is C18H30N4O. The Morgan fingerprint density at radius 1 is 1.30 bits per heavy atom. The van der Waals surface area contributed by atoms with Gasteiger partial charge in [-0.25, -0.2) is 0 Å². The summed E-state index contributed by atoms with van der Waals surface area (Å²) in [5, 5.41) is 4.45. The van der Waals surface area contributed by atoms with Crippen LogP contribution >= 0.6 is 0 Å². The minimum Gasteiger partial charge on any atom is -0.339 e. The van der Waals surface area contributed by atoms with Crippen molar-refractivity contribution in [3.8, 4) is 0 Å². The van der Waals surface area contributed by atoms with Crippen LogP contribution in [0.1, 0.15) is 50.4 Å². The van der Waals surface area contributed by atoms with E-state index in [1.807, 2.05) is 16.5 Å². The summed E-state index contributed by atoms with van der Waals surface area (Å²) in [7, 11) is 0. The largest absolute Gasteiger partial charge is 0.339 e. The molecule has 23 heavy (non-hydrogen) atoms. The van der Waals surface area contributed by atoms with Crippen molar-refractivity contribution < 1.29 is 4.79 Å². The molecule has 0 aliphatic carbocycles. The molecule has 1 aromatic heterocycles. The van der Waals surface area contributed by atoms with Crippen LogP contribution in [0.4, 0.5) is 0 Å². The van der Waals surface area contributed by atoms with Crippen molar-refractivity contribution in [1.82, 2.24) is 19.6 Å². The third kappa shape index (κ3) is 3.77. The van der Waals surface area contributed by atoms with Crippen LogP contribution < -0.4 is 0 Å². The third-order valence-corrected chi connectivity index (χ3v) is 5.40. The van der Waals surface area contributed by atoms with Gasteiger partial charge in [-0.05, 0) is 52.6 Å². The van der Waals surface area contributed by atoms with Crippen LogP contribution in [-0.4, -0.2) is 57.2 Å². The number of carbonyl (C=O) groups excluding carboxylic acids is 1. The fourth-order valence-corrected chi connectivity index (χ4v) is 3.97. The zero-order chi connectivity index (χ0) is 16.4. The average Bonchev–Trinajstić information content (AvgIpc) is 2.77. The second-order valence-electron chi connectivity index (χ2n) is 7.29. The molecule has 2 fully saturated rings. The lowest BCUT2D eigenvalue weighted by Gasteiger charge is -2.49. The Morgan fingerprint density at radius 2 is 2.09 bits per heavy atom. The van der Waals surface area contributed by atoms with Gasteiger partial charge in [0, 0.05) is 43.8 Å². The van der Waals surface area contributed by atoms with Crippen LogP contribution in [-0.2, 0) is 11.3 Å². The number of nitrogens with zero attached hydrogens (tertiary/aromatic N) is 4. The Bertz CT molecular complexity index is 547. The second kappa shape index (κ2) is 7.04. The first kappa shape index (κ1) is 16.5. The van der Waals surface area contributed by atoms with Gasteiger partial charge in [-0.1, -0.05) is 6.42 Å². The van der Waals surface area contributed by atoms with E-state index >= 15 is 0 Å². The molecule has 1 atom stereocenters. The lowest BCUT2D eigenvalue weighted by molar-refractivity contribution is -0.140. The summed E-state index contributed by atoms with van der Waals surface area (Å²) >= 11 is 0. The molecule has 1 unspecified atom stereocenters. The molecule has 0 bridgehead atoms. The minimum atomic E-state index is 0.312. The van der Waals surface area contributed by atoms with E-state index in [4.69, 9.17) is 0 Å². The number of hydrogen-bond donors (Lipinski definition) is 0. The fraction of sp³-hybridized carbons (Fsp3) is 0.778. The standard InChI is InChI=1S/C18H30N4O/c1-14-11-16(3)22(19-14)10-6-8-18(23)20-12-17(13-20)21-9-5-4-7-15(21)2/h11,15,17H,4-10,12-13H2,1-3H3. The van der Waals surface area contributed by atoms with Crippen molar-refractivity contribution in [2.24, 2.45) is 0 Å². The van der Waals surface area contributed by atoms with Gasteiger partial charge in [0.25, 0.3) is 0 Å². The van der Waals surface area contributed by atoms with Gasteiger partial charge in [0.15, 0.2) is 0 Å². The van der Waals surface area contributed by atoms with Crippen molar-refractivity contribution in [2.45, 2.75) is 71.5 Å². The van der Waals surface area contributed by atoms with Gasteiger partial charge in [0.2, 0.25) is 5.91 Å². The quantitative estimate of drug-likeness (QED) is 0.837. The van der Waals surface area contributed by atoms with Crippen LogP contribution in [0, 0.1) is 13.8 Å². The minimum absolute atomic E-state index is 0.312. The first-order valence-electron chi connectivity index (χ1n) is 9.09. The van der Waals surface area contributed by atoms with E-state index in [-0.39, 0.29) is 0 Å². The highest BCUT2D eigenvalue weighted by Gasteiger charge is 2.36. The zero-order valence-corrected chi connectivity index (χ0v) is 14.8. The molecule has 3 rings (SSSR count). The Morgan fingerprint density at radius 3 is 2.74 bits per heavy atom. The Labute approximate surface area is 139 Å². The summed E-state index contributed by atoms with van der Waals surface area (Å²) in [6.07, 6.45) is 5.51. The monoisotopic (exact) mass is 318 g/mol. The van der Waals surface area contributed by atoms with Gasteiger partial charge in [-0.15, -0.1) is 0 Å². The number of aryl methyl sites for hydroxylation is 3. The lowest BCUT2D eigenvalue weighted by Crippen LogP contribution is -2.63. The molecule has 0 aromatic carbocycles. The third-order valence-electron chi connectivity index (χ3n) is 5.40. The average molecular weight is 318 g/mol. The van der Waals surface area contributed by atoms with Crippen molar-refractivity contribution in [1.29, 1.82) is 0 Å². The van der Waals surface area contributed by atoms with Gasteiger partial charge in [-0.2, -0.15) is 5.10 Å². The summed E-state index contributed by atoms with van der Waals surface area (Å²) in [6, 6.07) is 3.38. The number of amides is 1. The molecule has 2 aliphatic rings. The molecule has 5 heteroatoms. The van der Waals surface area contributed by atoms with E-state index in [2.05, 4.69) is 29.9 Å². The summed E-state index contributed by atoms with van der Waals surface area (Å²) in [5.74, 6) is 0.312. The van der Waals surface area contributed by atoms with Crippen molar-refractivity contribution in [2.75, 3.05) is 19.6 Å². The number of hydrogen-bond acceptors (Lipinski definition) is 3. The molecule has 2 aliphatic heterocycles. The number of likely N-dealkylation sites (tertiary alicyclic amines) is 2. The molecule has 2 saturated heterocycles. The highest BCUT2D eigenvalue weighted by molar-refractivity contribution is 5.77. The molecule has 0 spiro atoms. The van der Waals surface area contributed by atoms with Gasteiger partial charge >= 0.3 is 0 Å². The maximum absolute atomic E-state index is 12.3. The van der Waals surface area contributed by atoms with E-state index in [0.717, 1.165) is 31.7 Å².